The predicted molar refractivity (Wildman–Crippen MR) is 83.8 cm³/mol. The van der Waals surface area contributed by atoms with Crippen LogP contribution in [-0.2, 0) is 4.74 Å². The van der Waals surface area contributed by atoms with Crippen molar-refractivity contribution in [2.45, 2.75) is 44.7 Å². The SMILES string of the molecule is CC(c1ccc(OC(F)(F)F)cc1)N1CCC(OCCCO)CC1. The molecule has 1 N–H and O–H groups in total. The van der Waals surface area contributed by atoms with Gasteiger partial charge in [-0.15, -0.1) is 13.2 Å². The highest BCUT2D eigenvalue weighted by molar-refractivity contribution is 5.29. The van der Waals surface area contributed by atoms with Crippen molar-refractivity contribution in [2.24, 2.45) is 0 Å². The van der Waals surface area contributed by atoms with Gasteiger partial charge >= 0.3 is 6.36 Å². The Bertz CT molecular complexity index is 485. The largest absolute Gasteiger partial charge is 0.573 e. The van der Waals surface area contributed by atoms with E-state index in [0.29, 0.717) is 13.0 Å². The molecule has 0 radical (unpaired) electrons. The van der Waals surface area contributed by atoms with Gasteiger partial charge in [0.25, 0.3) is 0 Å². The number of ether oxygens (including phenoxy) is 2. The summed E-state index contributed by atoms with van der Waals surface area (Å²) in [6.07, 6.45) is -1.94. The van der Waals surface area contributed by atoms with Gasteiger partial charge in [-0.1, -0.05) is 12.1 Å². The van der Waals surface area contributed by atoms with Crippen LogP contribution in [0.5, 0.6) is 5.75 Å². The highest BCUT2D eigenvalue weighted by Crippen LogP contribution is 2.28. The summed E-state index contributed by atoms with van der Waals surface area (Å²) in [6.45, 7) is 4.53. The molecule has 0 aromatic heterocycles. The lowest BCUT2D eigenvalue weighted by atomic mass is 10.0. The van der Waals surface area contributed by atoms with E-state index in [1.807, 2.05) is 6.92 Å². The van der Waals surface area contributed by atoms with Crippen LogP contribution in [0.3, 0.4) is 0 Å². The van der Waals surface area contributed by atoms with E-state index in [1.165, 1.54) is 12.1 Å². The quantitative estimate of drug-likeness (QED) is 0.767. The average Bonchev–Trinajstić information content (AvgIpc) is 2.54. The minimum atomic E-state index is -4.66. The summed E-state index contributed by atoms with van der Waals surface area (Å²) in [6, 6.07) is 6.18. The number of benzene rings is 1. The van der Waals surface area contributed by atoms with E-state index in [-0.39, 0.29) is 24.5 Å². The molecule has 1 aliphatic rings. The second-order valence-corrected chi connectivity index (χ2v) is 5.98. The molecule has 1 fully saturated rings. The summed E-state index contributed by atoms with van der Waals surface area (Å²) < 4.78 is 46.2. The molecule has 1 aliphatic heterocycles. The van der Waals surface area contributed by atoms with Gasteiger partial charge in [-0.2, -0.15) is 0 Å². The molecular weight excluding hydrogens is 323 g/mol. The Kier molecular flexibility index (Phi) is 6.89. The molecule has 1 atom stereocenters. The first-order chi connectivity index (χ1) is 11.4. The first kappa shape index (κ1) is 19.0. The lowest BCUT2D eigenvalue weighted by Crippen LogP contribution is -2.38. The number of likely N-dealkylation sites (tertiary alicyclic amines) is 1. The van der Waals surface area contributed by atoms with Gasteiger partial charge in [0.1, 0.15) is 5.75 Å². The first-order valence-electron chi connectivity index (χ1n) is 8.21. The Morgan fingerprint density at radius 3 is 2.38 bits per heavy atom. The number of piperidine rings is 1. The van der Waals surface area contributed by atoms with Gasteiger partial charge in [-0.3, -0.25) is 4.90 Å². The second-order valence-electron chi connectivity index (χ2n) is 5.98. The Morgan fingerprint density at radius 2 is 1.83 bits per heavy atom. The number of aliphatic hydroxyl groups excluding tert-OH is 1. The number of aliphatic hydroxyl groups is 1. The summed E-state index contributed by atoms with van der Waals surface area (Å²) in [5.74, 6) is -0.200. The smallest absolute Gasteiger partial charge is 0.406 e. The van der Waals surface area contributed by atoms with Crippen LogP contribution in [0.15, 0.2) is 24.3 Å². The summed E-state index contributed by atoms with van der Waals surface area (Å²) in [7, 11) is 0. The monoisotopic (exact) mass is 347 g/mol. The van der Waals surface area contributed by atoms with Gasteiger partial charge in [-0.05, 0) is 43.9 Å². The number of rotatable bonds is 7. The van der Waals surface area contributed by atoms with Gasteiger partial charge in [0.15, 0.2) is 0 Å². The number of nitrogens with zero attached hydrogens (tertiary/aromatic N) is 1. The number of alkyl halides is 3. The number of hydrogen-bond acceptors (Lipinski definition) is 4. The van der Waals surface area contributed by atoms with Crippen molar-refractivity contribution in [1.82, 2.24) is 4.90 Å². The molecule has 4 nitrogen and oxygen atoms in total. The molecule has 24 heavy (non-hydrogen) atoms. The molecule has 0 bridgehead atoms. The van der Waals surface area contributed by atoms with E-state index >= 15 is 0 Å². The minimum Gasteiger partial charge on any atom is -0.406 e. The average molecular weight is 347 g/mol. The van der Waals surface area contributed by atoms with Crippen molar-refractivity contribution in [3.8, 4) is 5.75 Å². The predicted octanol–water partition coefficient (Wildman–Crippen LogP) is 3.51. The van der Waals surface area contributed by atoms with Crippen molar-refractivity contribution >= 4 is 0 Å². The van der Waals surface area contributed by atoms with E-state index in [1.54, 1.807) is 12.1 Å². The Labute approximate surface area is 140 Å². The van der Waals surface area contributed by atoms with Crippen LogP contribution in [0.1, 0.15) is 37.8 Å². The molecule has 0 amide bonds. The summed E-state index contributed by atoms with van der Waals surface area (Å²) in [5.41, 5.74) is 0.962. The lowest BCUT2D eigenvalue weighted by Gasteiger charge is -2.36. The molecule has 1 heterocycles. The van der Waals surface area contributed by atoms with Crippen LogP contribution in [0.4, 0.5) is 13.2 Å². The van der Waals surface area contributed by atoms with Crippen molar-refractivity contribution in [2.75, 3.05) is 26.3 Å². The highest BCUT2D eigenvalue weighted by Gasteiger charge is 2.31. The third-order valence-corrected chi connectivity index (χ3v) is 4.28. The fourth-order valence-electron chi connectivity index (χ4n) is 2.90. The second kappa shape index (κ2) is 8.69. The van der Waals surface area contributed by atoms with Crippen LogP contribution < -0.4 is 4.74 Å². The third kappa shape index (κ3) is 5.96. The van der Waals surface area contributed by atoms with Crippen LogP contribution in [0, 0.1) is 0 Å². The summed E-state index contributed by atoms with van der Waals surface area (Å²) in [5, 5.41) is 8.76. The van der Waals surface area contributed by atoms with E-state index in [4.69, 9.17) is 9.84 Å². The standard InChI is InChI=1S/C17H24F3NO3/c1-13(14-3-5-16(6-4-14)24-17(18,19)20)21-9-7-15(8-10-21)23-12-2-11-22/h3-6,13,15,22H,2,7-12H2,1H3. The molecule has 136 valence electrons. The first-order valence-corrected chi connectivity index (χ1v) is 8.21. The van der Waals surface area contributed by atoms with Gasteiger partial charge in [0, 0.05) is 32.3 Å². The Hall–Kier alpha value is -1.31. The van der Waals surface area contributed by atoms with Crippen LogP contribution in [0.2, 0.25) is 0 Å². The zero-order valence-corrected chi connectivity index (χ0v) is 13.8. The number of hydrogen-bond donors (Lipinski definition) is 1. The van der Waals surface area contributed by atoms with E-state index in [2.05, 4.69) is 9.64 Å². The zero-order chi connectivity index (χ0) is 17.6. The molecule has 1 aromatic rings. The molecule has 0 aliphatic carbocycles. The van der Waals surface area contributed by atoms with E-state index in [0.717, 1.165) is 31.5 Å². The van der Waals surface area contributed by atoms with Crippen molar-refractivity contribution < 1.29 is 27.8 Å². The molecule has 0 spiro atoms. The number of halogens is 3. The van der Waals surface area contributed by atoms with Crippen LogP contribution >= 0.6 is 0 Å². The molecule has 1 aromatic carbocycles. The third-order valence-electron chi connectivity index (χ3n) is 4.28. The van der Waals surface area contributed by atoms with Crippen LogP contribution in [-0.4, -0.2) is 48.8 Å². The lowest BCUT2D eigenvalue weighted by molar-refractivity contribution is -0.274. The van der Waals surface area contributed by atoms with Gasteiger partial charge in [0.05, 0.1) is 6.10 Å². The Balaban J connectivity index is 1.83. The maximum absolute atomic E-state index is 12.2. The summed E-state index contributed by atoms with van der Waals surface area (Å²) in [4.78, 5) is 2.30. The Morgan fingerprint density at radius 1 is 1.21 bits per heavy atom. The molecule has 0 saturated carbocycles. The highest BCUT2D eigenvalue weighted by atomic mass is 19.4. The molecule has 2 rings (SSSR count). The fraction of sp³-hybridized carbons (Fsp3) is 0.647. The maximum atomic E-state index is 12.2. The topological polar surface area (TPSA) is 41.9 Å². The van der Waals surface area contributed by atoms with E-state index < -0.39 is 6.36 Å². The summed E-state index contributed by atoms with van der Waals surface area (Å²) >= 11 is 0. The van der Waals surface area contributed by atoms with Crippen molar-refractivity contribution in [3.63, 3.8) is 0 Å². The normalized spacial score (nSPS) is 18.5. The zero-order valence-electron chi connectivity index (χ0n) is 13.8. The maximum Gasteiger partial charge on any atom is 0.573 e. The molecular formula is C17H24F3NO3. The van der Waals surface area contributed by atoms with Crippen molar-refractivity contribution in [1.29, 1.82) is 0 Å². The fourth-order valence-corrected chi connectivity index (χ4v) is 2.90. The molecule has 1 saturated heterocycles. The van der Waals surface area contributed by atoms with Gasteiger partial charge in [0.2, 0.25) is 0 Å². The minimum absolute atomic E-state index is 0.128. The van der Waals surface area contributed by atoms with Gasteiger partial charge in [-0.25, -0.2) is 0 Å². The van der Waals surface area contributed by atoms with Crippen LogP contribution in [0.25, 0.3) is 0 Å². The van der Waals surface area contributed by atoms with E-state index in [9.17, 15) is 13.2 Å². The molecule has 1 unspecified atom stereocenters. The van der Waals surface area contributed by atoms with Gasteiger partial charge < -0.3 is 14.6 Å². The molecule has 7 heteroatoms. The van der Waals surface area contributed by atoms with Crippen molar-refractivity contribution in [3.05, 3.63) is 29.8 Å².